The zero-order valence-corrected chi connectivity index (χ0v) is 77.1. The molecular weight excluding hydrogens is 1700 g/mol. The van der Waals surface area contributed by atoms with Gasteiger partial charge in [-0.15, -0.1) is 0 Å². The minimum Gasteiger partial charge on any atom is -0.496 e. The van der Waals surface area contributed by atoms with E-state index in [-0.39, 0.29) is 95.8 Å². The fourth-order valence-corrected chi connectivity index (χ4v) is 18.4. The molecule has 0 radical (unpaired) electrons. The van der Waals surface area contributed by atoms with Crippen molar-refractivity contribution < 1.29 is 33.4 Å². The first-order valence-corrected chi connectivity index (χ1v) is 47.3. The molecule has 0 spiro atoms. The molecule has 0 aromatic heterocycles. The number of ether oxygens (including phenoxy) is 3. The van der Waals surface area contributed by atoms with E-state index in [4.69, 9.17) is 30.5 Å². The highest BCUT2D eigenvalue weighted by Crippen LogP contribution is 2.39. The number of nitriles is 3. The van der Waals surface area contributed by atoms with Gasteiger partial charge in [-0.1, -0.05) is 287 Å². The minimum absolute atomic E-state index is 0. The summed E-state index contributed by atoms with van der Waals surface area (Å²) in [6, 6.07) is 104. The molecule has 0 saturated carbocycles. The summed E-state index contributed by atoms with van der Waals surface area (Å²) in [6.07, 6.45) is 18.2. The number of carbonyl (C=O) groups is 4. The quantitative estimate of drug-likeness (QED) is 0.0399. The summed E-state index contributed by atoms with van der Waals surface area (Å²) < 4.78 is 15.6. The number of likely N-dealkylation sites (tertiary alicyclic amines) is 4. The number of hydrogen-bond donors (Lipinski definition) is 5. The smallest absolute Gasteiger partial charge is 0.255 e. The number of rotatable bonds is 23. The summed E-state index contributed by atoms with van der Waals surface area (Å²) in [4.78, 5) is 59.0. The first kappa shape index (κ1) is 115. The molecule has 10 aromatic rings. The molecule has 7 fully saturated rings. The van der Waals surface area contributed by atoms with E-state index in [1.807, 2.05) is 137 Å². The zero-order valence-electron chi connectivity index (χ0n) is 77.1. The van der Waals surface area contributed by atoms with E-state index < -0.39 is 0 Å². The van der Waals surface area contributed by atoms with Crippen molar-refractivity contribution in [2.45, 2.75) is 173 Å². The van der Waals surface area contributed by atoms with Gasteiger partial charge in [0.2, 0.25) is 0 Å². The first-order valence-electron chi connectivity index (χ1n) is 47.3. The number of benzene rings is 10. The van der Waals surface area contributed by atoms with E-state index in [1.54, 1.807) is 20.3 Å². The van der Waals surface area contributed by atoms with Crippen LogP contribution in [0.15, 0.2) is 291 Å². The van der Waals surface area contributed by atoms with Crippen LogP contribution < -0.4 is 36.5 Å². The van der Waals surface area contributed by atoms with Crippen LogP contribution in [0.1, 0.15) is 209 Å². The van der Waals surface area contributed by atoms with Crippen molar-refractivity contribution in [1.82, 2.24) is 40.9 Å². The van der Waals surface area contributed by atoms with Crippen LogP contribution in [-0.4, -0.2) is 169 Å². The SMILES string of the molecule is C.C.C.C.C.C.C1CCOC1.COc1ccccc1C(=O)NCC1(Cc2ccccc2)CCN(Cc2ccccc2)CC1.COc1ccccc1C(=O)NCC1(Cc2ccccc2)CCNCC1.N#CC1(Cc2ccccc2)CCN(C(=O)c2ccccc2)CC1.N#CC1CCN(C(=O)c2ccccc2)CC1.N#CC1CCNCC1.NCC1(Cc2ccccc2)CCN(Cc2ccccc2)CC1. The molecule has 137 heavy (non-hydrogen) atoms. The lowest BCUT2D eigenvalue weighted by molar-refractivity contribution is 0.0646. The maximum Gasteiger partial charge on any atom is 0.255 e. The van der Waals surface area contributed by atoms with Gasteiger partial charge >= 0.3 is 0 Å². The molecule has 7 aliphatic heterocycles. The predicted octanol–water partition coefficient (Wildman–Crippen LogP) is 22.3. The Labute approximate surface area is 823 Å². The first-order chi connectivity index (χ1) is 64.2. The third-order valence-corrected chi connectivity index (χ3v) is 26.6. The third kappa shape index (κ3) is 37.7. The summed E-state index contributed by atoms with van der Waals surface area (Å²) in [5.74, 6) is 1.69. The van der Waals surface area contributed by atoms with E-state index in [2.05, 4.69) is 207 Å². The van der Waals surface area contributed by atoms with Gasteiger partial charge in [0.15, 0.2) is 0 Å². The molecule has 0 aliphatic carbocycles. The van der Waals surface area contributed by atoms with Crippen molar-refractivity contribution in [2.75, 3.05) is 126 Å². The summed E-state index contributed by atoms with van der Waals surface area (Å²) in [5.41, 5.74) is 16.9. The number of nitrogens with zero attached hydrogens (tertiary/aromatic N) is 7. The summed E-state index contributed by atoms with van der Waals surface area (Å²) in [6.45, 7) is 17.3. The van der Waals surface area contributed by atoms with Gasteiger partial charge in [-0.25, -0.2) is 0 Å². The molecule has 10 aromatic carbocycles. The Balaban J connectivity index is 0.000000292. The molecule has 7 heterocycles. The van der Waals surface area contributed by atoms with Gasteiger partial charge in [-0.05, 0) is 273 Å². The third-order valence-electron chi connectivity index (χ3n) is 26.6. The molecule has 6 N–H and O–H groups in total. The van der Waals surface area contributed by atoms with E-state index in [1.165, 1.54) is 59.1 Å². The molecule has 19 heteroatoms. The minimum atomic E-state index is -0.352. The highest BCUT2D eigenvalue weighted by atomic mass is 16.5. The second-order valence-electron chi connectivity index (χ2n) is 36.0. The lowest BCUT2D eigenvalue weighted by Crippen LogP contribution is -2.47. The van der Waals surface area contributed by atoms with Gasteiger partial charge in [0, 0.05) is 88.5 Å². The van der Waals surface area contributed by atoms with E-state index in [0.29, 0.717) is 67.8 Å². The normalized spacial score (nSPS) is 16.5. The van der Waals surface area contributed by atoms with Crippen LogP contribution in [0.25, 0.3) is 0 Å². The fourth-order valence-electron chi connectivity index (χ4n) is 18.4. The molecule has 7 saturated heterocycles. The molecule has 17 rings (SSSR count). The van der Waals surface area contributed by atoms with Gasteiger partial charge in [0.1, 0.15) is 11.5 Å². The Kier molecular flexibility index (Phi) is 52.7. The molecule has 19 nitrogen and oxygen atoms in total. The number of hydrogen-bond acceptors (Lipinski definition) is 15. The Bertz CT molecular complexity index is 5080. The average molecular weight is 1860 g/mol. The molecule has 0 bridgehead atoms. The van der Waals surface area contributed by atoms with E-state index in [0.717, 1.165) is 186 Å². The lowest BCUT2D eigenvalue weighted by Gasteiger charge is -2.42. The number of carbonyl (C=O) groups excluding carboxylic acids is 4. The van der Waals surface area contributed by atoms with Gasteiger partial charge < -0.3 is 51.0 Å². The summed E-state index contributed by atoms with van der Waals surface area (Å²) in [7, 11) is 3.20. The van der Waals surface area contributed by atoms with Crippen molar-refractivity contribution in [2.24, 2.45) is 39.2 Å². The van der Waals surface area contributed by atoms with Crippen molar-refractivity contribution in [1.29, 1.82) is 15.8 Å². The summed E-state index contributed by atoms with van der Waals surface area (Å²) >= 11 is 0. The molecule has 734 valence electrons. The highest BCUT2D eigenvalue weighted by Gasteiger charge is 2.39. The highest BCUT2D eigenvalue weighted by molar-refractivity contribution is 5.98. The van der Waals surface area contributed by atoms with Crippen LogP contribution in [0, 0.1) is 67.5 Å². The fraction of sp³-hybridized carbons (Fsp3) is 0.432. The van der Waals surface area contributed by atoms with Crippen molar-refractivity contribution in [3.8, 4) is 29.7 Å². The number of nitrogens with one attached hydrogen (secondary N) is 4. The number of amides is 4. The molecular formula is C118H160N12O7. The van der Waals surface area contributed by atoms with Crippen LogP contribution in [0.3, 0.4) is 0 Å². The van der Waals surface area contributed by atoms with Crippen molar-refractivity contribution in [3.05, 3.63) is 347 Å². The van der Waals surface area contributed by atoms with Crippen LogP contribution in [0.4, 0.5) is 0 Å². The van der Waals surface area contributed by atoms with E-state index >= 15 is 0 Å². The maximum absolute atomic E-state index is 13.0. The number of para-hydroxylation sites is 2. The van der Waals surface area contributed by atoms with E-state index in [9.17, 15) is 24.4 Å². The van der Waals surface area contributed by atoms with Crippen molar-refractivity contribution in [3.63, 3.8) is 0 Å². The van der Waals surface area contributed by atoms with Crippen LogP contribution in [0.5, 0.6) is 11.5 Å². The predicted molar refractivity (Wildman–Crippen MR) is 564 cm³/mol. The second kappa shape index (κ2) is 62.6. The van der Waals surface area contributed by atoms with Crippen LogP contribution in [0.2, 0.25) is 0 Å². The Morgan fingerprint density at radius 2 is 0.679 bits per heavy atom. The molecule has 4 amide bonds. The van der Waals surface area contributed by atoms with Gasteiger partial charge in [0.25, 0.3) is 23.6 Å². The Morgan fingerprint density at radius 3 is 1.01 bits per heavy atom. The molecule has 0 atom stereocenters. The zero-order chi connectivity index (χ0) is 91.9. The lowest BCUT2D eigenvalue weighted by atomic mass is 9.73. The Morgan fingerprint density at radius 1 is 0.372 bits per heavy atom. The maximum atomic E-state index is 13.0. The topological polar surface area (TPSA) is 254 Å². The van der Waals surface area contributed by atoms with Crippen LogP contribution in [-0.2, 0) is 43.5 Å². The second-order valence-corrected chi connectivity index (χ2v) is 36.0. The number of methoxy groups -OCH3 is 2. The largest absolute Gasteiger partial charge is 0.496 e. The monoisotopic (exact) mass is 1860 g/mol. The van der Waals surface area contributed by atoms with Crippen molar-refractivity contribution >= 4 is 23.6 Å². The van der Waals surface area contributed by atoms with Crippen LogP contribution >= 0.6 is 0 Å². The molecule has 7 aliphatic rings. The standard InChI is InChI=1S/C28H32N2O2.C21H26N2O2.C20H20N2O.C20H26N2.C13H14N2O.C6H10N2.C4H8O.6CH4/c1-32-26-15-9-8-14-25(26)27(31)29-22-28(20-23-10-4-2-5-11-23)16-18-30(19-17-28)21-24-12-6-3-7-13-24;1-25-19-10-6-5-9-18(19)20(24)23-16-21(11-13-22-14-12-21)15-17-7-3-2-4-8-17;21-16-20(15-17-7-3-1-4-8-17)11-13-22(14-12-20)19(23)18-9-5-2-6-10-18;21-17-20(15-18-7-3-1-4-8-18)11-13-22(14-12-20)16-19-9-5-2-6-10-19;14-10-11-6-8-15(9-7-11)13(16)12-4-2-1-3-5-12;7-5-6-1-3-8-4-2-6;1-2-4-5-3-1;;;;;;/h2-15H,16-22H2,1H3,(H,29,31);2-10,22H,11-16H2,1H3,(H,23,24);1-10H,11-15H2;1-10H,11-17,21H2;1-5,11H,6-9H2;6,8H,1-4H2;1-4H2;6*1H4. The average Bonchev–Trinajstić information content (AvgIpc) is 1.19. The Hall–Kier alpha value is -12.1. The van der Waals surface area contributed by atoms with Gasteiger partial charge in [-0.3, -0.25) is 29.0 Å². The van der Waals surface area contributed by atoms with Gasteiger partial charge in [0.05, 0.1) is 49.0 Å². The number of nitrogens with two attached hydrogens (primary N) is 1. The van der Waals surface area contributed by atoms with Gasteiger partial charge in [-0.2, -0.15) is 15.8 Å². The molecule has 0 unspecified atom stereocenters. The number of piperidine rings is 6. The summed E-state index contributed by atoms with van der Waals surface area (Å²) in [5, 5.41) is 39.9.